The van der Waals surface area contributed by atoms with Crippen molar-refractivity contribution in [3.8, 4) is 0 Å². The van der Waals surface area contributed by atoms with E-state index in [1.54, 1.807) is 30.3 Å². The third kappa shape index (κ3) is 3.15. The van der Waals surface area contributed by atoms with E-state index < -0.39 is 5.97 Å². The number of aromatic nitrogens is 1. The molecule has 1 heterocycles. The van der Waals surface area contributed by atoms with E-state index >= 15 is 0 Å². The lowest BCUT2D eigenvalue weighted by atomic mass is 10.1. The van der Waals surface area contributed by atoms with E-state index in [1.165, 1.54) is 0 Å². The van der Waals surface area contributed by atoms with Crippen molar-refractivity contribution in [1.82, 2.24) is 4.98 Å². The van der Waals surface area contributed by atoms with Crippen LogP contribution < -0.4 is 5.32 Å². The standard InChI is InChI=1S/C19H18N2O3/c1-11-12(2)20-17-7-6-14(10-16(11)17)19(24)21-15-5-3-4-13(8-15)9-18(22)23/h3-8,10,20H,9H2,1-2H3,(H,21,24)(H,22,23). The Morgan fingerprint density at radius 1 is 1.12 bits per heavy atom. The second kappa shape index (κ2) is 6.20. The van der Waals surface area contributed by atoms with E-state index in [1.807, 2.05) is 26.0 Å². The summed E-state index contributed by atoms with van der Waals surface area (Å²) < 4.78 is 0. The maximum atomic E-state index is 12.5. The summed E-state index contributed by atoms with van der Waals surface area (Å²) >= 11 is 0. The second-order valence-corrected chi connectivity index (χ2v) is 5.86. The number of carboxylic acid groups (broad SMARTS) is 1. The summed E-state index contributed by atoms with van der Waals surface area (Å²) in [6, 6.07) is 12.4. The third-order valence-electron chi connectivity index (χ3n) is 4.11. The molecule has 3 rings (SSSR count). The number of carbonyl (C=O) groups excluding carboxylic acids is 1. The largest absolute Gasteiger partial charge is 0.481 e. The first-order chi connectivity index (χ1) is 11.4. The van der Waals surface area contributed by atoms with Gasteiger partial charge in [-0.25, -0.2) is 0 Å². The van der Waals surface area contributed by atoms with Crippen LogP contribution in [0.2, 0.25) is 0 Å². The summed E-state index contributed by atoms with van der Waals surface area (Å²) in [5, 5.41) is 12.7. The lowest BCUT2D eigenvalue weighted by Gasteiger charge is -2.07. The van der Waals surface area contributed by atoms with Gasteiger partial charge in [-0.05, 0) is 55.3 Å². The zero-order valence-electron chi connectivity index (χ0n) is 13.5. The Hall–Kier alpha value is -3.08. The summed E-state index contributed by atoms with van der Waals surface area (Å²) in [6.07, 6.45) is -0.0719. The highest BCUT2D eigenvalue weighted by molar-refractivity contribution is 6.06. The molecular formula is C19H18N2O3. The Bertz CT molecular complexity index is 941. The fourth-order valence-corrected chi connectivity index (χ4v) is 2.74. The Labute approximate surface area is 139 Å². The molecule has 2 aromatic carbocycles. The zero-order chi connectivity index (χ0) is 17.3. The number of nitrogens with one attached hydrogen (secondary N) is 2. The van der Waals surface area contributed by atoms with Crippen LogP contribution in [0, 0.1) is 13.8 Å². The summed E-state index contributed by atoms with van der Waals surface area (Å²) in [4.78, 5) is 26.5. The van der Waals surface area contributed by atoms with E-state index in [4.69, 9.17) is 5.11 Å². The first kappa shape index (κ1) is 15.8. The van der Waals surface area contributed by atoms with E-state index in [9.17, 15) is 9.59 Å². The molecule has 0 aliphatic carbocycles. The van der Waals surface area contributed by atoms with Crippen molar-refractivity contribution < 1.29 is 14.7 Å². The van der Waals surface area contributed by atoms with E-state index in [0.29, 0.717) is 16.8 Å². The number of aromatic amines is 1. The van der Waals surface area contributed by atoms with Crippen LogP contribution in [0.1, 0.15) is 27.2 Å². The number of H-pyrrole nitrogens is 1. The summed E-state index contributed by atoms with van der Waals surface area (Å²) in [7, 11) is 0. The molecule has 0 spiro atoms. The summed E-state index contributed by atoms with van der Waals surface area (Å²) in [5.74, 6) is -1.12. The zero-order valence-corrected chi connectivity index (χ0v) is 13.5. The van der Waals surface area contributed by atoms with Gasteiger partial charge in [-0.1, -0.05) is 12.1 Å². The molecule has 5 nitrogen and oxygen atoms in total. The van der Waals surface area contributed by atoms with Crippen molar-refractivity contribution in [1.29, 1.82) is 0 Å². The van der Waals surface area contributed by atoms with Crippen molar-refractivity contribution in [3.63, 3.8) is 0 Å². The van der Waals surface area contributed by atoms with Gasteiger partial charge in [0, 0.05) is 27.8 Å². The van der Waals surface area contributed by atoms with Crippen LogP contribution in [0.3, 0.4) is 0 Å². The minimum Gasteiger partial charge on any atom is -0.481 e. The number of carbonyl (C=O) groups is 2. The molecule has 122 valence electrons. The normalized spacial score (nSPS) is 10.8. The van der Waals surface area contributed by atoms with Gasteiger partial charge in [0.1, 0.15) is 0 Å². The molecular weight excluding hydrogens is 304 g/mol. The number of rotatable bonds is 4. The number of anilines is 1. The Morgan fingerprint density at radius 3 is 2.67 bits per heavy atom. The van der Waals surface area contributed by atoms with Crippen LogP contribution in [0.25, 0.3) is 10.9 Å². The number of hydrogen-bond donors (Lipinski definition) is 3. The molecule has 0 atom stereocenters. The predicted octanol–water partition coefficient (Wildman–Crippen LogP) is 3.66. The van der Waals surface area contributed by atoms with Crippen LogP contribution in [-0.4, -0.2) is 22.0 Å². The van der Waals surface area contributed by atoms with Gasteiger partial charge < -0.3 is 15.4 Å². The lowest BCUT2D eigenvalue weighted by Crippen LogP contribution is -2.12. The van der Waals surface area contributed by atoms with Crippen LogP contribution >= 0.6 is 0 Å². The van der Waals surface area contributed by atoms with Crippen LogP contribution in [0.4, 0.5) is 5.69 Å². The van der Waals surface area contributed by atoms with Gasteiger partial charge in [0.25, 0.3) is 5.91 Å². The molecule has 0 saturated carbocycles. The molecule has 3 N–H and O–H groups in total. The lowest BCUT2D eigenvalue weighted by molar-refractivity contribution is -0.136. The predicted molar refractivity (Wildman–Crippen MR) is 93.5 cm³/mol. The summed E-state index contributed by atoms with van der Waals surface area (Å²) in [5.41, 5.74) is 5.01. The number of carboxylic acids is 1. The molecule has 1 amide bonds. The molecule has 0 radical (unpaired) electrons. The van der Waals surface area contributed by atoms with Crippen LogP contribution in [-0.2, 0) is 11.2 Å². The highest BCUT2D eigenvalue weighted by Gasteiger charge is 2.11. The minimum absolute atomic E-state index is 0.0719. The molecule has 0 fully saturated rings. The monoisotopic (exact) mass is 322 g/mol. The van der Waals surface area contributed by atoms with Crippen molar-refractivity contribution in [3.05, 3.63) is 64.8 Å². The summed E-state index contributed by atoms with van der Waals surface area (Å²) in [6.45, 7) is 4.02. The van der Waals surface area contributed by atoms with Gasteiger partial charge in [0.15, 0.2) is 0 Å². The Morgan fingerprint density at radius 2 is 1.92 bits per heavy atom. The molecule has 5 heteroatoms. The minimum atomic E-state index is -0.901. The number of benzene rings is 2. The SMILES string of the molecule is Cc1[nH]c2ccc(C(=O)Nc3cccc(CC(=O)O)c3)cc2c1C. The molecule has 1 aromatic heterocycles. The van der Waals surface area contributed by atoms with Crippen LogP contribution in [0.5, 0.6) is 0 Å². The van der Waals surface area contributed by atoms with Gasteiger partial charge in [-0.15, -0.1) is 0 Å². The Kier molecular flexibility index (Phi) is 4.08. The quantitative estimate of drug-likeness (QED) is 0.685. The second-order valence-electron chi connectivity index (χ2n) is 5.86. The molecule has 0 unspecified atom stereocenters. The molecule has 24 heavy (non-hydrogen) atoms. The average Bonchev–Trinajstić information content (AvgIpc) is 2.81. The maximum absolute atomic E-state index is 12.5. The van der Waals surface area contributed by atoms with E-state index in [-0.39, 0.29) is 12.3 Å². The van der Waals surface area contributed by atoms with Crippen molar-refractivity contribution in [2.45, 2.75) is 20.3 Å². The van der Waals surface area contributed by atoms with Gasteiger partial charge in [-0.2, -0.15) is 0 Å². The van der Waals surface area contributed by atoms with Crippen LogP contribution in [0.15, 0.2) is 42.5 Å². The molecule has 0 aliphatic rings. The van der Waals surface area contributed by atoms with Crippen molar-refractivity contribution in [2.24, 2.45) is 0 Å². The maximum Gasteiger partial charge on any atom is 0.307 e. The highest BCUT2D eigenvalue weighted by Crippen LogP contribution is 2.23. The van der Waals surface area contributed by atoms with E-state index in [2.05, 4.69) is 10.3 Å². The van der Waals surface area contributed by atoms with Gasteiger partial charge in [0.05, 0.1) is 6.42 Å². The molecule has 3 aromatic rings. The molecule has 0 aliphatic heterocycles. The number of hydrogen-bond acceptors (Lipinski definition) is 2. The highest BCUT2D eigenvalue weighted by atomic mass is 16.4. The van der Waals surface area contributed by atoms with Gasteiger partial charge >= 0.3 is 5.97 Å². The first-order valence-electron chi connectivity index (χ1n) is 7.65. The molecule has 0 saturated heterocycles. The fourth-order valence-electron chi connectivity index (χ4n) is 2.74. The van der Waals surface area contributed by atoms with E-state index in [0.717, 1.165) is 22.2 Å². The Balaban J connectivity index is 1.84. The van der Waals surface area contributed by atoms with Crippen molar-refractivity contribution >= 4 is 28.5 Å². The van der Waals surface area contributed by atoms with Gasteiger partial charge in [-0.3, -0.25) is 9.59 Å². The number of aliphatic carboxylic acids is 1. The van der Waals surface area contributed by atoms with Gasteiger partial charge in [0.2, 0.25) is 0 Å². The fraction of sp³-hybridized carbons (Fsp3) is 0.158. The molecule has 0 bridgehead atoms. The third-order valence-corrected chi connectivity index (χ3v) is 4.11. The topological polar surface area (TPSA) is 82.2 Å². The first-order valence-corrected chi connectivity index (χ1v) is 7.65. The average molecular weight is 322 g/mol. The van der Waals surface area contributed by atoms with Crippen molar-refractivity contribution in [2.75, 3.05) is 5.32 Å². The number of amides is 1. The number of fused-ring (bicyclic) bond motifs is 1. The number of aryl methyl sites for hydroxylation is 2. The smallest absolute Gasteiger partial charge is 0.307 e.